The second-order valence-electron chi connectivity index (χ2n) is 4.95. The summed E-state index contributed by atoms with van der Waals surface area (Å²) in [4.78, 5) is 11.9. The zero-order chi connectivity index (χ0) is 14.3. The first-order valence-corrected chi connectivity index (χ1v) is 6.76. The molecule has 106 valence electrons. The first-order valence-electron chi connectivity index (χ1n) is 6.76. The van der Waals surface area contributed by atoms with E-state index in [2.05, 4.69) is 5.32 Å². The van der Waals surface area contributed by atoms with Crippen molar-refractivity contribution in [1.82, 2.24) is 5.32 Å². The van der Waals surface area contributed by atoms with Gasteiger partial charge in [0.15, 0.2) is 0 Å². The Morgan fingerprint density at radius 2 is 2.11 bits per heavy atom. The second kappa shape index (κ2) is 7.79. The number of nitrogens with one attached hydrogen (secondary N) is 1. The van der Waals surface area contributed by atoms with E-state index in [1.54, 1.807) is 12.1 Å². The number of nitrogen functional groups attached to an aromatic ring is 1. The van der Waals surface area contributed by atoms with Crippen LogP contribution in [0, 0.1) is 6.92 Å². The molecule has 1 rings (SSSR count). The van der Waals surface area contributed by atoms with Gasteiger partial charge in [0, 0.05) is 24.4 Å². The minimum atomic E-state index is -0.0727. The summed E-state index contributed by atoms with van der Waals surface area (Å²) in [5.41, 5.74) is 8.04. The van der Waals surface area contributed by atoms with Crippen LogP contribution in [-0.4, -0.2) is 25.2 Å². The molecule has 0 aliphatic heterocycles. The van der Waals surface area contributed by atoms with Crippen LogP contribution in [-0.2, 0) is 4.74 Å². The number of rotatable bonds is 7. The molecule has 1 aromatic carbocycles. The molecule has 0 aromatic heterocycles. The largest absolute Gasteiger partial charge is 0.398 e. The summed E-state index contributed by atoms with van der Waals surface area (Å²) in [5.74, 6) is -0.0727. The molecule has 1 aromatic rings. The molecule has 0 atom stereocenters. The lowest BCUT2D eigenvalue weighted by Crippen LogP contribution is -2.24. The number of carbonyl (C=O) groups is 1. The summed E-state index contributed by atoms with van der Waals surface area (Å²) in [6, 6.07) is 5.37. The standard InChI is InChI=1S/C15H24N2O2/c1-11(2)19-9-5-4-8-17-15(18)13-7-6-12(3)14(16)10-13/h6-7,10-11H,4-5,8-9,16H2,1-3H3,(H,17,18). The molecule has 0 aliphatic rings. The van der Waals surface area contributed by atoms with Gasteiger partial charge in [-0.05, 0) is 51.3 Å². The molecule has 0 unspecified atom stereocenters. The number of nitrogens with two attached hydrogens (primary N) is 1. The van der Waals surface area contributed by atoms with Crippen LogP contribution >= 0.6 is 0 Å². The van der Waals surface area contributed by atoms with Gasteiger partial charge in [-0.2, -0.15) is 0 Å². The molecule has 0 saturated heterocycles. The molecule has 0 bridgehead atoms. The first-order chi connectivity index (χ1) is 9.00. The quantitative estimate of drug-likeness (QED) is 0.587. The van der Waals surface area contributed by atoms with E-state index in [-0.39, 0.29) is 12.0 Å². The molecule has 19 heavy (non-hydrogen) atoms. The van der Waals surface area contributed by atoms with Crippen molar-refractivity contribution in [2.24, 2.45) is 0 Å². The van der Waals surface area contributed by atoms with Crippen molar-refractivity contribution in [2.45, 2.75) is 39.7 Å². The van der Waals surface area contributed by atoms with Crippen LogP contribution in [0.1, 0.15) is 42.6 Å². The number of benzene rings is 1. The fraction of sp³-hybridized carbons (Fsp3) is 0.533. The van der Waals surface area contributed by atoms with E-state index in [9.17, 15) is 4.79 Å². The Kier molecular flexibility index (Phi) is 6.36. The Morgan fingerprint density at radius 3 is 2.74 bits per heavy atom. The Morgan fingerprint density at radius 1 is 1.37 bits per heavy atom. The van der Waals surface area contributed by atoms with Crippen molar-refractivity contribution in [2.75, 3.05) is 18.9 Å². The zero-order valence-electron chi connectivity index (χ0n) is 12.0. The Labute approximate surface area is 115 Å². The van der Waals surface area contributed by atoms with Gasteiger partial charge in [0.1, 0.15) is 0 Å². The molecule has 4 nitrogen and oxygen atoms in total. The van der Waals surface area contributed by atoms with E-state index in [1.807, 2.05) is 26.8 Å². The van der Waals surface area contributed by atoms with Crippen molar-refractivity contribution in [3.8, 4) is 0 Å². The number of aryl methyl sites for hydroxylation is 1. The minimum Gasteiger partial charge on any atom is -0.398 e. The third-order valence-electron chi connectivity index (χ3n) is 2.85. The van der Waals surface area contributed by atoms with E-state index in [4.69, 9.17) is 10.5 Å². The second-order valence-corrected chi connectivity index (χ2v) is 4.95. The van der Waals surface area contributed by atoms with E-state index in [1.165, 1.54) is 0 Å². The van der Waals surface area contributed by atoms with Crippen LogP contribution in [0.3, 0.4) is 0 Å². The smallest absolute Gasteiger partial charge is 0.251 e. The molecule has 1 amide bonds. The van der Waals surface area contributed by atoms with Crippen molar-refractivity contribution >= 4 is 11.6 Å². The lowest BCUT2D eigenvalue weighted by Gasteiger charge is -2.08. The molecular formula is C15H24N2O2. The highest BCUT2D eigenvalue weighted by atomic mass is 16.5. The lowest BCUT2D eigenvalue weighted by molar-refractivity contribution is 0.0754. The number of hydrogen-bond acceptors (Lipinski definition) is 3. The number of ether oxygens (including phenoxy) is 1. The molecule has 0 spiro atoms. The third-order valence-corrected chi connectivity index (χ3v) is 2.85. The summed E-state index contributed by atoms with van der Waals surface area (Å²) in [6.45, 7) is 7.36. The van der Waals surface area contributed by atoms with Crippen molar-refractivity contribution in [3.63, 3.8) is 0 Å². The van der Waals surface area contributed by atoms with Gasteiger partial charge < -0.3 is 15.8 Å². The van der Waals surface area contributed by atoms with E-state index < -0.39 is 0 Å². The topological polar surface area (TPSA) is 64.3 Å². The maximum absolute atomic E-state index is 11.9. The molecule has 0 heterocycles. The predicted octanol–water partition coefficient (Wildman–Crippen LogP) is 2.51. The van der Waals surface area contributed by atoms with Gasteiger partial charge >= 0.3 is 0 Å². The number of amides is 1. The van der Waals surface area contributed by atoms with Gasteiger partial charge in [0.05, 0.1) is 6.10 Å². The number of carbonyl (C=O) groups excluding carboxylic acids is 1. The van der Waals surface area contributed by atoms with Crippen molar-refractivity contribution in [1.29, 1.82) is 0 Å². The number of anilines is 1. The fourth-order valence-corrected chi connectivity index (χ4v) is 1.63. The summed E-state index contributed by atoms with van der Waals surface area (Å²) < 4.78 is 5.43. The van der Waals surface area contributed by atoms with E-state index >= 15 is 0 Å². The average Bonchev–Trinajstić information content (AvgIpc) is 2.36. The maximum atomic E-state index is 11.9. The number of unbranched alkanes of at least 4 members (excludes halogenated alkanes) is 1. The van der Waals surface area contributed by atoms with E-state index in [0.29, 0.717) is 17.8 Å². The van der Waals surface area contributed by atoms with Gasteiger partial charge in [0.2, 0.25) is 0 Å². The van der Waals surface area contributed by atoms with Crippen molar-refractivity contribution < 1.29 is 9.53 Å². The Bertz CT molecular complexity index is 417. The van der Waals surface area contributed by atoms with Crippen LogP contribution in [0.4, 0.5) is 5.69 Å². The van der Waals surface area contributed by atoms with E-state index in [0.717, 1.165) is 25.0 Å². The molecule has 0 saturated carbocycles. The zero-order valence-corrected chi connectivity index (χ0v) is 12.0. The maximum Gasteiger partial charge on any atom is 0.251 e. The first kappa shape index (κ1) is 15.5. The van der Waals surface area contributed by atoms with Gasteiger partial charge in [0.25, 0.3) is 5.91 Å². The van der Waals surface area contributed by atoms with Crippen molar-refractivity contribution in [3.05, 3.63) is 29.3 Å². The van der Waals surface area contributed by atoms with Crippen LogP contribution in [0.15, 0.2) is 18.2 Å². The highest BCUT2D eigenvalue weighted by Gasteiger charge is 2.05. The van der Waals surface area contributed by atoms with Crippen LogP contribution in [0.5, 0.6) is 0 Å². The van der Waals surface area contributed by atoms with Gasteiger partial charge in [-0.15, -0.1) is 0 Å². The predicted molar refractivity (Wildman–Crippen MR) is 78.2 cm³/mol. The SMILES string of the molecule is Cc1ccc(C(=O)NCCCCOC(C)C)cc1N. The van der Waals surface area contributed by atoms with Gasteiger partial charge in [-0.3, -0.25) is 4.79 Å². The fourth-order valence-electron chi connectivity index (χ4n) is 1.63. The average molecular weight is 264 g/mol. The Hall–Kier alpha value is -1.55. The summed E-state index contributed by atoms with van der Waals surface area (Å²) in [7, 11) is 0. The highest BCUT2D eigenvalue weighted by molar-refractivity contribution is 5.95. The summed E-state index contributed by atoms with van der Waals surface area (Å²) in [6.07, 6.45) is 2.14. The molecular weight excluding hydrogens is 240 g/mol. The van der Waals surface area contributed by atoms with Crippen LogP contribution in [0.25, 0.3) is 0 Å². The molecule has 0 radical (unpaired) electrons. The molecule has 3 N–H and O–H groups in total. The molecule has 0 aliphatic carbocycles. The molecule has 0 fully saturated rings. The summed E-state index contributed by atoms with van der Waals surface area (Å²) >= 11 is 0. The highest BCUT2D eigenvalue weighted by Crippen LogP contribution is 2.12. The van der Waals surface area contributed by atoms with Gasteiger partial charge in [-0.1, -0.05) is 6.07 Å². The monoisotopic (exact) mass is 264 g/mol. The molecule has 4 heteroatoms. The summed E-state index contributed by atoms with van der Waals surface area (Å²) in [5, 5.41) is 2.88. The number of hydrogen-bond donors (Lipinski definition) is 2. The van der Waals surface area contributed by atoms with Crippen LogP contribution < -0.4 is 11.1 Å². The van der Waals surface area contributed by atoms with Crippen LogP contribution in [0.2, 0.25) is 0 Å². The minimum absolute atomic E-state index is 0.0727. The van der Waals surface area contributed by atoms with Gasteiger partial charge in [-0.25, -0.2) is 0 Å². The third kappa shape index (κ3) is 5.75. The lowest BCUT2D eigenvalue weighted by atomic mass is 10.1. The Balaban J connectivity index is 2.26. The normalized spacial score (nSPS) is 10.7.